The predicted molar refractivity (Wildman–Crippen MR) is 101 cm³/mol. The van der Waals surface area contributed by atoms with Gasteiger partial charge in [-0.1, -0.05) is 91.0 Å². The molecule has 1 heterocycles. The van der Waals surface area contributed by atoms with E-state index in [9.17, 15) is 0 Å². The van der Waals surface area contributed by atoms with Gasteiger partial charge >= 0.3 is 0 Å². The molecule has 0 radical (unpaired) electrons. The number of thioether (sulfide) groups is 1. The molecule has 24 heavy (non-hydrogen) atoms. The SMILES string of the molecule is c1ccc(C(OCC2CS2)(c2ccccc2)c2ccccc2)cc1. The van der Waals surface area contributed by atoms with Crippen molar-refractivity contribution in [3.8, 4) is 0 Å². The van der Waals surface area contributed by atoms with Crippen LogP contribution in [0.25, 0.3) is 0 Å². The van der Waals surface area contributed by atoms with Crippen LogP contribution in [0, 0.1) is 0 Å². The molecule has 2 heteroatoms. The topological polar surface area (TPSA) is 9.23 Å². The van der Waals surface area contributed by atoms with Gasteiger partial charge in [-0.2, -0.15) is 11.8 Å². The van der Waals surface area contributed by atoms with Crippen LogP contribution in [0.3, 0.4) is 0 Å². The first kappa shape index (κ1) is 15.5. The van der Waals surface area contributed by atoms with Gasteiger partial charge in [0.2, 0.25) is 0 Å². The first-order valence-corrected chi connectivity index (χ1v) is 9.36. The summed E-state index contributed by atoms with van der Waals surface area (Å²) in [5, 5.41) is 0.625. The first-order valence-electron chi connectivity index (χ1n) is 8.32. The highest BCUT2D eigenvalue weighted by Gasteiger charge is 2.39. The fourth-order valence-electron chi connectivity index (χ4n) is 3.15. The van der Waals surface area contributed by atoms with Crippen molar-refractivity contribution >= 4 is 11.8 Å². The van der Waals surface area contributed by atoms with Gasteiger partial charge < -0.3 is 4.74 Å². The van der Waals surface area contributed by atoms with E-state index in [4.69, 9.17) is 4.74 Å². The van der Waals surface area contributed by atoms with E-state index >= 15 is 0 Å². The molecule has 0 spiro atoms. The standard InChI is InChI=1S/C22H20OS/c1-4-10-18(11-5-1)22(23-16-21-17-24-21,19-12-6-2-7-13-19)20-14-8-3-9-15-20/h1-15,21H,16-17H2. The summed E-state index contributed by atoms with van der Waals surface area (Å²) in [4.78, 5) is 0. The quantitative estimate of drug-likeness (QED) is 0.458. The summed E-state index contributed by atoms with van der Waals surface area (Å²) in [6.07, 6.45) is 0. The third-order valence-corrected chi connectivity index (χ3v) is 5.37. The van der Waals surface area contributed by atoms with E-state index in [1.165, 1.54) is 22.4 Å². The van der Waals surface area contributed by atoms with Gasteiger partial charge in [-0.3, -0.25) is 0 Å². The van der Waals surface area contributed by atoms with E-state index in [1.807, 2.05) is 11.8 Å². The Hall–Kier alpha value is -2.03. The largest absolute Gasteiger partial charge is 0.360 e. The van der Waals surface area contributed by atoms with Gasteiger partial charge in [0.1, 0.15) is 5.60 Å². The lowest BCUT2D eigenvalue weighted by Crippen LogP contribution is -2.34. The van der Waals surface area contributed by atoms with Crippen LogP contribution in [0.15, 0.2) is 91.0 Å². The molecule has 1 aliphatic rings. The Morgan fingerprint density at radius 3 is 1.42 bits per heavy atom. The Bertz CT molecular complexity index is 670. The number of hydrogen-bond donors (Lipinski definition) is 0. The third-order valence-electron chi connectivity index (χ3n) is 4.43. The van der Waals surface area contributed by atoms with Crippen LogP contribution in [-0.2, 0) is 10.3 Å². The summed E-state index contributed by atoms with van der Waals surface area (Å²) in [7, 11) is 0. The first-order chi connectivity index (χ1) is 11.9. The van der Waals surface area contributed by atoms with Crippen molar-refractivity contribution in [2.24, 2.45) is 0 Å². The summed E-state index contributed by atoms with van der Waals surface area (Å²) >= 11 is 1.97. The molecule has 1 unspecified atom stereocenters. The van der Waals surface area contributed by atoms with Crippen molar-refractivity contribution in [2.75, 3.05) is 12.4 Å². The van der Waals surface area contributed by atoms with Crippen LogP contribution in [0.4, 0.5) is 0 Å². The van der Waals surface area contributed by atoms with E-state index in [2.05, 4.69) is 91.0 Å². The maximum Gasteiger partial charge on any atom is 0.143 e. The normalized spacial score (nSPS) is 16.8. The Morgan fingerprint density at radius 1 is 0.708 bits per heavy atom. The minimum absolute atomic E-state index is 0.563. The molecule has 1 saturated heterocycles. The summed E-state index contributed by atoms with van der Waals surface area (Å²) in [5.74, 6) is 1.20. The van der Waals surface area contributed by atoms with Crippen molar-refractivity contribution < 1.29 is 4.74 Å². The van der Waals surface area contributed by atoms with Crippen molar-refractivity contribution in [3.05, 3.63) is 108 Å². The van der Waals surface area contributed by atoms with Crippen LogP contribution in [-0.4, -0.2) is 17.6 Å². The fourth-order valence-corrected chi connectivity index (χ4v) is 3.55. The summed E-state index contributed by atoms with van der Waals surface area (Å²) in [5.41, 5.74) is 2.96. The molecule has 1 atom stereocenters. The molecule has 0 aromatic heterocycles. The zero-order valence-corrected chi connectivity index (χ0v) is 14.3. The second kappa shape index (κ2) is 6.84. The highest BCUT2D eigenvalue weighted by molar-refractivity contribution is 8.06. The molecular formula is C22H20OS. The molecule has 4 rings (SSSR count). The molecule has 3 aromatic rings. The van der Waals surface area contributed by atoms with E-state index in [-0.39, 0.29) is 0 Å². The minimum atomic E-state index is -0.563. The second-order valence-corrected chi connectivity index (χ2v) is 7.38. The lowest BCUT2D eigenvalue weighted by atomic mass is 9.80. The van der Waals surface area contributed by atoms with Crippen molar-refractivity contribution in [3.63, 3.8) is 0 Å². The smallest absolute Gasteiger partial charge is 0.143 e. The fraction of sp³-hybridized carbons (Fsp3) is 0.182. The molecule has 0 amide bonds. The van der Waals surface area contributed by atoms with Crippen LogP contribution >= 0.6 is 11.8 Å². The lowest BCUT2D eigenvalue weighted by molar-refractivity contribution is 0.0180. The highest BCUT2D eigenvalue weighted by atomic mass is 32.2. The molecule has 0 bridgehead atoms. The highest BCUT2D eigenvalue weighted by Crippen LogP contribution is 2.42. The molecule has 1 fully saturated rings. The van der Waals surface area contributed by atoms with E-state index in [0.717, 1.165) is 6.61 Å². The van der Waals surface area contributed by atoms with Gasteiger partial charge in [0.15, 0.2) is 0 Å². The zero-order chi connectivity index (χ0) is 16.2. The molecule has 1 aliphatic heterocycles. The lowest BCUT2D eigenvalue weighted by Gasteiger charge is -2.36. The van der Waals surface area contributed by atoms with E-state index in [1.54, 1.807) is 0 Å². The molecule has 1 nitrogen and oxygen atoms in total. The van der Waals surface area contributed by atoms with Crippen molar-refractivity contribution in [1.29, 1.82) is 0 Å². The summed E-state index contributed by atoms with van der Waals surface area (Å²) < 4.78 is 6.69. The van der Waals surface area contributed by atoms with E-state index in [0.29, 0.717) is 5.25 Å². The van der Waals surface area contributed by atoms with Crippen LogP contribution < -0.4 is 0 Å². The van der Waals surface area contributed by atoms with Gasteiger partial charge in [0, 0.05) is 11.0 Å². The number of benzene rings is 3. The molecule has 0 saturated carbocycles. The van der Waals surface area contributed by atoms with Crippen molar-refractivity contribution in [2.45, 2.75) is 10.9 Å². The monoisotopic (exact) mass is 332 g/mol. The third kappa shape index (κ3) is 3.00. The second-order valence-electron chi connectivity index (χ2n) is 6.05. The minimum Gasteiger partial charge on any atom is -0.360 e. The van der Waals surface area contributed by atoms with Crippen LogP contribution in [0.1, 0.15) is 16.7 Å². The van der Waals surface area contributed by atoms with Gasteiger partial charge in [0.25, 0.3) is 0 Å². The summed E-state index contributed by atoms with van der Waals surface area (Å²) in [6.45, 7) is 0.767. The predicted octanol–water partition coefficient (Wildman–Crippen LogP) is 5.11. The average Bonchev–Trinajstić information content (AvgIpc) is 3.50. The Morgan fingerprint density at radius 2 is 1.08 bits per heavy atom. The molecule has 0 aliphatic carbocycles. The Balaban J connectivity index is 1.91. The average molecular weight is 332 g/mol. The maximum atomic E-state index is 6.69. The van der Waals surface area contributed by atoms with Gasteiger partial charge in [-0.25, -0.2) is 0 Å². The molecule has 0 N–H and O–H groups in total. The van der Waals surface area contributed by atoms with Crippen molar-refractivity contribution in [1.82, 2.24) is 0 Å². The molecular weight excluding hydrogens is 312 g/mol. The number of hydrogen-bond acceptors (Lipinski definition) is 2. The van der Waals surface area contributed by atoms with Crippen LogP contribution in [0.2, 0.25) is 0 Å². The van der Waals surface area contributed by atoms with E-state index < -0.39 is 5.60 Å². The maximum absolute atomic E-state index is 6.69. The van der Waals surface area contributed by atoms with Gasteiger partial charge in [0.05, 0.1) is 6.61 Å². The Labute approximate surface area is 147 Å². The summed E-state index contributed by atoms with van der Waals surface area (Å²) in [6, 6.07) is 31.7. The molecule has 3 aromatic carbocycles. The van der Waals surface area contributed by atoms with Crippen LogP contribution in [0.5, 0.6) is 0 Å². The van der Waals surface area contributed by atoms with Gasteiger partial charge in [-0.05, 0) is 16.7 Å². The number of ether oxygens (including phenoxy) is 1. The number of rotatable bonds is 6. The molecule has 120 valence electrons. The Kier molecular flexibility index (Phi) is 4.42. The zero-order valence-electron chi connectivity index (χ0n) is 13.5. The van der Waals surface area contributed by atoms with Gasteiger partial charge in [-0.15, -0.1) is 0 Å².